The van der Waals surface area contributed by atoms with E-state index in [9.17, 15) is 0 Å². The van der Waals surface area contributed by atoms with Crippen molar-refractivity contribution in [3.8, 4) is 11.3 Å². The van der Waals surface area contributed by atoms with E-state index in [2.05, 4.69) is 30.7 Å². The van der Waals surface area contributed by atoms with E-state index in [1.54, 1.807) is 0 Å². The van der Waals surface area contributed by atoms with Gasteiger partial charge in [0, 0.05) is 11.0 Å². The number of hydrogen-bond acceptors (Lipinski definition) is 3. The van der Waals surface area contributed by atoms with Crippen LogP contribution in [0.2, 0.25) is 0 Å². The van der Waals surface area contributed by atoms with Crippen LogP contribution in [-0.4, -0.2) is 9.97 Å². The van der Waals surface area contributed by atoms with Gasteiger partial charge in [-0.15, -0.1) is 0 Å². The number of anilines is 1. The summed E-state index contributed by atoms with van der Waals surface area (Å²) in [5.41, 5.74) is 8.65. The Labute approximate surface area is 102 Å². The summed E-state index contributed by atoms with van der Waals surface area (Å²) in [7, 11) is 0. The fraction of sp³-hybridized carbons (Fsp3) is 0.286. The highest BCUT2D eigenvalue weighted by Gasteiger charge is 2.17. The zero-order valence-corrected chi connectivity index (χ0v) is 10.4. The van der Waals surface area contributed by atoms with E-state index in [0.717, 1.165) is 17.0 Å². The summed E-state index contributed by atoms with van der Waals surface area (Å²) >= 11 is 0. The number of aromatic nitrogens is 2. The molecule has 0 unspecified atom stereocenters. The number of hydrogen-bond donors (Lipinski definition) is 1. The Morgan fingerprint density at radius 3 is 2.24 bits per heavy atom. The summed E-state index contributed by atoms with van der Waals surface area (Å²) in [4.78, 5) is 8.58. The Kier molecular flexibility index (Phi) is 2.84. The minimum absolute atomic E-state index is 0.0272. The topological polar surface area (TPSA) is 51.8 Å². The molecule has 0 radical (unpaired) electrons. The van der Waals surface area contributed by atoms with Gasteiger partial charge < -0.3 is 5.73 Å². The Bertz CT molecular complexity index is 513. The van der Waals surface area contributed by atoms with Gasteiger partial charge >= 0.3 is 0 Å². The first-order chi connectivity index (χ1) is 7.97. The predicted octanol–water partition coefficient (Wildman–Crippen LogP) is 3.02. The highest BCUT2D eigenvalue weighted by molar-refractivity contribution is 5.60. The van der Waals surface area contributed by atoms with Crippen LogP contribution in [0.15, 0.2) is 36.4 Å². The van der Waals surface area contributed by atoms with Crippen LogP contribution in [-0.2, 0) is 5.41 Å². The summed E-state index contributed by atoms with van der Waals surface area (Å²) in [5.74, 6) is 0.330. The van der Waals surface area contributed by atoms with Crippen molar-refractivity contribution in [1.82, 2.24) is 9.97 Å². The Balaban J connectivity index is 2.54. The summed E-state index contributed by atoms with van der Waals surface area (Å²) in [6.07, 6.45) is 0. The third-order valence-electron chi connectivity index (χ3n) is 2.58. The van der Waals surface area contributed by atoms with Crippen LogP contribution in [0, 0.1) is 0 Å². The number of rotatable bonds is 1. The van der Waals surface area contributed by atoms with Gasteiger partial charge in [0.15, 0.2) is 0 Å². The maximum atomic E-state index is 5.77. The van der Waals surface area contributed by atoms with Gasteiger partial charge in [0.05, 0.1) is 11.4 Å². The van der Waals surface area contributed by atoms with E-state index in [0.29, 0.717) is 5.95 Å². The maximum absolute atomic E-state index is 5.77. The molecule has 0 spiro atoms. The van der Waals surface area contributed by atoms with Crippen molar-refractivity contribution in [3.05, 3.63) is 42.1 Å². The highest BCUT2D eigenvalue weighted by Crippen LogP contribution is 2.25. The molecule has 0 aliphatic rings. The molecule has 2 rings (SSSR count). The van der Waals surface area contributed by atoms with Crippen molar-refractivity contribution in [2.75, 3.05) is 5.73 Å². The van der Waals surface area contributed by atoms with Crippen LogP contribution in [0.5, 0.6) is 0 Å². The van der Waals surface area contributed by atoms with Crippen molar-refractivity contribution in [3.63, 3.8) is 0 Å². The van der Waals surface area contributed by atoms with Crippen molar-refractivity contribution < 1.29 is 0 Å². The van der Waals surface area contributed by atoms with E-state index in [4.69, 9.17) is 5.73 Å². The van der Waals surface area contributed by atoms with Crippen LogP contribution in [0.3, 0.4) is 0 Å². The van der Waals surface area contributed by atoms with Gasteiger partial charge in [-0.2, -0.15) is 0 Å². The lowest BCUT2D eigenvalue weighted by atomic mass is 9.91. The standard InChI is InChI=1S/C14H17N3/c1-14(2,3)12-9-11(16-13(15)17-12)10-7-5-4-6-8-10/h4-9H,1-3H3,(H2,15,16,17). The molecule has 3 heteroatoms. The summed E-state index contributed by atoms with van der Waals surface area (Å²) in [6, 6.07) is 12.0. The second kappa shape index (κ2) is 4.17. The SMILES string of the molecule is CC(C)(C)c1cc(-c2ccccc2)nc(N)n1. The summed E-state index contributed by atoms with van der Waals surface area (Å²) < 4.78 is 0. The molecule has 88 valence electrons. The number of benzene rings is 1. The minimum Gasteiger partial charge on any atom is -0.368 e. The van der Waals surface area contributed by atoms with Gasteiger partial charge in [-0.1, -0.05) is 51.1 Å². The van der Waals surface area contributed by atoms with E-state index >= 15 is 0 Å². The smallest absolute Gasteiger partial charge is 0.220 e. The molecule has 1 aromatic heterocycles. The first kappa shape index (κ1) is 11.6. The van der Waals surface area contributed by atoms with Crippen LogP contribution >= 0.6 is 0 Å². The fourth-order valence-corrected chi connectivity index (χ4v) is 1.61. The largest absolute Gasteiger partial charge is 0.368 e. The maximum Gasteiger partial charge on any atom is 0.220 e. The molecule has 0 saturated carbocycles. The van der Waals surface area contributed by atoms with Crippen molar-refractivity contribution >= 4 is 5.95 Å². The molecule has 0 amide bonds. The Morgan fingerprint density at radius 2 is 1.65 bits per heavy atom. The average molecular weight is 227 g/mol. The van der Waals surface area contributed by atoms with Crippen LogP contribution < -0.4 is 5.73 Å². The van der Waals surface area contributed by atoms with Crippen LogP contribution in [0.25, 0.3) is 11.3 Å². The van der Waals surface area contributed by atoms with Crippen molar-refractivity contribution in [2.45, 2.75) is 26.2 Å². The van der Waals surface area contributed by atoms with Crippen molar-refractivity contribution in [2.24, 2.45) is 0 Å². The van der Waals surface area contributed by atoms with Crippen molar-refractivity contribution in [1.29, 1.82) is 0 Å². The molecule has 0 aliphatic carbocycles. The lowest BCUT2D eigenvalue weighted by molar-refractivity contribution is 0.568. The third-order valence-corrected chi connectivity index (χ3v) is 2.58. The molecule has 17 heavy (non-hydrogen) atoms. The van der Waals surface area contributed by atoms with E-state index in [1.165, 1.54) is 0 Å². The normalized spacial score (nSPS) is 11.5. The second-order valence-electron chi connectivity index (χ2n) is 5.11. The van der Waals surface area contributed by atoms with Gasteiger partial charge in [0.25, 0.3) is 0 Å². The van der Waals surface area contributed by atoms with Gasteiger partial charge in [0.2, 0.25) is 5.95 Å². The Morgan fingerprint density at radius 1 is 1.00 bits per heavy atom. The molecule has 2 N–H and O–H groups in total. The molecule has 3 nitrogen and oxygen atoms in total. The molecular formula is C14H17N3. The molecule has 0 fully saturated rings. The molecule has 0 atom stereocenters. The zero-order valence-electron chi connectivity index (χ0n) is 10.4. The monoisotopic (exact) mass is 227 g/mol. The average Bonchev–Trinajstić information content (AvgIpc) is 2.28. The van der Waals surface area contributed by atoms with Crippen LogP contribution in [0.4, 0.5) is 5.95 Å². The molecular weight excluding hydrogens is 210 g/mol. The van der Waals surface area contributed by atoms with Gasteiger partial charge in [-0.25, -0.2) is 9.97 Å². The summed E-state index contributed by atoms with van der Waals surface area (Å²) in [6.45, 7) is 6.34. The first-order valence-electron chi connectivity index (χ1n) is 5.67. The lowest BCUT2D eigenvalue weighted by Crippen LogP contribution is -2.15. The van der Waals surface area contributed by atoms with E-state index < -0.39 is 0 Å². The van der Waals surface area contributed by atoms with Gasteiger partial charge in [-0.05, 0) is 6.07 Å². The third kappa shape index (κ3) is 2.61. The Hall–Kier alpha value is -1.90. The quantitative estimate of drug-likeness (QED) is 0.814. The van der Waals surface area contributed by atoms with E-state index in [1.807, 2.05) is 36.4 Å². The molecule has 0 saturated heterocycles. The molecule has 1 aromatic carbocycles. The first-order valence-corrected chi connectivity index (χ1v) is 5.67. The molecule has 0 aliphatic heterocycles. The molecule has 2 aromatic rings. The second-order valence-corrected chi connectivity index (χ2v) is 5.11. The van der Waals surface area contributed by atoms with Crippen LogP contribution in [0.1, 0.15) is 26.5 Å². The number of nitrogens with zero attached hydrogens (tertiary/aromatic N) is 2. The van der Waals surface area contributed by atoms with Gasteiger partial charge in [0.1, 0.15) is 0 Å². The number of nitrogen functional groups attached to an aromatic ring is 1. The molecule has 0 bridgehead atoms. The highest BCUT2D eigenvalue weighted by atomic mass is 15.0. The van der Waals surface area contributed by atoms with Gasteiger partial charge in [-0.3, -0.25) is 0 Å². The molecule has 1 heterocycles. The lowest BCUT2D eigenvalue weighted by Gasteiger charge is -2.18. The zero-order chi connectivity index (χ0) is 12.5. The summed E-state index contributed by atoms with van der Waals surface area (Å²) in [5, 5.41) is 0. The fourth-order valence-electron chi connectivity index (χ4n) is 1.61. The number of nitrogens with two attached hydrogens (primary N) is 1. The van der Waals surface area contributed by atoms with E-state index in [-0.39, 0.29) is 5.41 Å². The minimum atomic E-state index is -0.0272. The predicted molar refractivity (Wildman–Crippen MR) is 70.6 cm³/mol.